The summed E-state index contributed by atoms with van der Waals surface area (Å²) in [5, 5.41) is 13.5. The molecule has 0 aliphatic rings. The van der Waals surface area contributed by atoms with E-state index in [9.17, 15) is 18.3 Å². The van der Waals surface area contributed by atoms with Gasteiger partial charge in [-0.1, -0.05) is 17.7 Å². The van der Waals surface area contributed by atoms with E-state index >= 15 is 0 Å². The number of pyridine rings is 1. The van der Waals surface area contributed by atoms with Crippen molar-refractivity contribution in [1.82, 2.24) is 4.98 Å². The molecule has 0 radical (unpaired) electrons. The fourth-order valence-electron chi connectivity index (χ4n) is 2.46. The Labute approximate surface area is 177 Å². The fourth-order valence-corrected chi connectivity index (χ4v) is 4.28. The lowest BCUT2D eigenvalue weighted by Gasteiger charge is -2.12. The number of anilines is 2. The quantitative estimate of drug-likeness (QED) is 0.384. The second-order valence-electron chi connectivity index (χ2n) is 5.81. The zero-order chi connectivity index (χ0) is 21.0. The molecule has 3 N–H and O–H groups in total. The van der Waals surface area contributed by atoms with Crippen LogP contribution >= 0.6 is 23.4 Å². The number of benzene rings is 2. The van der Waals surface area contributed by atoms with E-state index in [1.54, 1.807) is 42.8 Å². The van der Waals surface area contributed by atoms with Crippen molar-refractivity contribution in [3.05, 3.63) is 71.4 Å². The van der Waals surface area contributed by atoms with Gasteiger partial charge in [-0.25, -0.2) is 13.4 Å². The average molecular weight is 450 g/mol. The molecule has 2 aromatic carbocycles. The van der Waals surface area contributed by atoms with Crippen LogP contribution in [0.2, 0.25) is 5.02 Å². The van der Waals surface area contributed by atoms with Gasteiger partial charge in [0.15, 0.2) is 0 Å². The molecule has 0 bridgehead atoms. The van der Waals surface area contributed by atoms with Crippen molar-refractivity contribution in [3.63, 3.8) is 0 Å². The summed E-state index contributed by atoms with van der Waals surface area (Å²) >= 11 is 7.18. The zero-order valence-corrected chi connectivity index (χ0v) is 17.5. The summed E-state index contributed by atoms with van der Waals surface area (Å²) in [5.41, 5.74) is 0.556. The zero-order valence-electron chi connectivity index (χ0n) is 15.1. The van der Waals surface area contributed by atoms with Crippen LogP contribution in [0, 0.1) is 0 Å². The van der Waals surface area contributed by atoms with E-state index in [1.165, 1.54) is 36.0 Å². The van der Waals surface area contributed by atoms with Gasteiger partial charge in [0.1, 0.15) is 10.8 Å². The molecule has 1 heterocycles. The number of hydrogen-bond acceptors (Lipinski definition) is 6. The van der Waals surface area contributed by atoms with Crippen molar-refractivity contribution in [3.8, 4) is 5.75 Å². The first-order valence-corrected chi connectivity index (χ1v) is 11.3. The Morgan fingerprint density at radius 3 is 2.66 bits per heavy atom. The lowest BCUT2D eigenvalue weighted by molar-refractivity contribution is 0.102. The number of phenols is 1. The van der Waals surface area contributed by atoms with Crippen LogP contribution in [0.15, 0.2) is 70.7 Å². The number of aromatic nitrogens is 1. The van der Waals surface area contributed by atoms with Gasteiger partial charge in [0.2, 0.25) is 0 Å². The molecule has 1 aromatic heterocycles. The summed E-state index contributed by atoms with van der Waals surface area (Å²) in [6.45, 7) is 0. The number of hydrogen-bond donors (Lipinski definition) is 3. The number of sulfonamides is 1. The maximum Gasteiger partial charge on any atom is 0.261 e. The molecule has 0 saturated carbocycles. The summed E-state index contributed by atoms with van der Waals surface area (Å²) in [6.07, 6.45) is 3.35. The highest BCUT2D eigenvalue weighted by Crippen LogP contribution is 2.29. The van der Waals surface area contributed by atoms with Gasteiger partial charge in [0, 0.05) is 11.2 Å². The Hall–Kier alpha value is -2.75. The standard InChI is InChI=1S/C19H16ClN3O4S2/c1-28-19-15(6-3-9-21-19)18(25)22-16-11-14(7-8-17(16)24)29(26,27)23-13-5-2-4-12(20)10-13/h2-11,23-24H,1H3,(H,22,25). The van der Waals surface area contributed by atoms with Gasteiger partial charge in [-0.05, 0) is 54.8 Å². The van der Waals surface area contributed by atoms with Crippen molar-refractivity contribution in [1.29, 1.82) is 0 Å². The molecule has 29 heavy (non-hydrogen) atoms. The van der Waals surface area contributed by atoms with E-state index in [2.05, 4.69) is 15.0 Å². The van der Waals surface area contributed by atoms with Gasteiger partial charge in [0.25, 0.3) is 15.9 Å². The maximum atomic E-state index is 12.7. The molecule has 0 aliphatic heterocycles. The summed E-state index contributed by atoms with van der Waals surface area (Å²) in [6, 6.07) is 13.1. The highest BCUT2D eigenvalue weighted by molar-refractivity contribution is 7.98. The minimum Gasteiger partial charge on any atom is -0.506 e. The molecule has 0 fully saturated rings. The van der Waals surface area contributed by atoms with E-state index in [0.717, 1.165) is 0 Å². The first-order chi connectivity index (χ1) is 13.8. The van der Waals surface area contributed by atoms with E-state index in [4.69, 9.17) is 11.6 Å². The molecule has 150 valence electrons. The molecule has 10 heteroatoms. The normalized spacial score (nSPS) is 11.1. The molecule has 3 aromatic rings. The molecule has 0 saturated heterocycles. The average Bonchev–Trinajstić information content (AvgIpc) is 2.69. The van der Waals surface area contributed by atoms with Gasteiger partial charge >= 0.3 is 0 Å². The number of carbonyl (C=O) groups excluding carboxylic acids is 1. The number of phenolic OH excluding ortho intramolecular Hbond substituents is 1. The number of thioether (sulfide) groups is 1. The number of aromatic hydroxyl groups is 1. The fraction of sp³-hybridized carbons (Fsp3) is 0.0526. The highest BCUT2D eigenvalue weighted by atomic mass is 35.5. The largest absolute Gasteiger partial charge is 0.506 e. The minimum absolute atomic E-state index is 0.0418. The molecular weight excluding hydrogens is 434 g/mol. The molecule has 1 amide bonds. The Kier molecular flexibility index (Phi) is 6.31. The maximum absolute atomic E-state index is 12.7. The lowest BCUT2D eigenvalue weighted by atomic mass is 10.2. The SMILES string of the molecule is CSc1ncccc1C(=O)Nc1cc(S(=O)(=O)Nc2cccc(Cl)c2)ccc1O. The predicted molar refractivity (Wildman–Crippen MR) is 114 cm³/mol. The molecule has 0 atom stereocenters. The monoisotopic (exact) mass is 449 g/mol. The van der Waals surface area contributed by atoms with E-state index in [1.807, 2.05) is 0 Å². The van der Waals surface area contributed by atoms with Gasteiger partial charge in [-0.3, -0.25) is 9.52 Å². The topological polar surface area (TPSA) is 108 Å². The van der Waals surface area contributed by atoms with Gasteiger partial charge in [-0.15, -0.1) is 11.8 Å². The second-order valence-corrected chi connectivity index (χ2v) is 8.72. The van der Waals surface area contributed by atoms with Crippen LogP contribution in [0.1, 0.15) is 10.4 Å². The van der Waals surface area contributed by atoms with Crippen molar-refractivity contribution in [2.24, 2.45) is 0 Å². The Bertz CT molecular complexity index is 1170. The Balaban J connectivity index is 1.88. The molecular formula is C19H16ClN3O4S2. The van der Waals surface area contributed by atoms with Crippen molar-refractivity contribution in [2.45, 2.75) is 9.92 Å². The summed E-state index contributed by atoms with van der Waals surface area (Å²) < 4.78 is 27.7. The van der Waals surface area contributed by atoms with Crippen LogP contribution in [-0.4, -0.2) is 30.7 Å². The number of carbonyl (C=O) groups is 1. The summed E-state index contributed by atoms with van der Waals surface area (Å²) in [7, 11) is -3.97. The first-order valence-electron chi connectivity index (χ1n) is 8.22. The summed E-state index contributed by atoms with van der Waals surface area (Å²) in [4.78, 5) is 16.6. The second kappa shape index (κ2) is 8.73. The number of nitrogens with one attached hydrogen (secondary N) is 2. The van der Waals surface area contributed by atoms with Crippen LogP contribution in [0.4, 0.5) is 11.4 Å². The van der Waals surface area contributed by atoms with E-state index < -0.39 is 15.9 Å². The third-order valence-corrected chi connectivity index (χ3v) is 6.14. The van der Waals surface area contributed by atoms with Crippen LogP contribution in [0.25, 0.3) is 0 Å². The number of halogens is 1. The Morgan fingerprint density at radius 1 is 1.14 bits per heavy atom. The minimum atomic E-state index is -3.97. The van der Waals surface area contributed by atoms with Crippen LogP contribution in [0.5, 0.6) is 5.75 Å². The van der Waals surface area contributed by atoms with Crippen LogP contribution < -0.4 is 10.0 Å². The van der Waals surface area contributed by atoms with E-state index in [0.29, 0.717) is 15.6 Å². The third-order valence-electron chi connectivity index (χ3n) is 3.81. The molecule has 0 unspecified atom stereocenters. The number of nitrogens with zero attached hydrogens (tertiary/aromatic N) is 1. The van der Waals surface area contributed by atoms with Gasteiger partial charge in [-0.2, -0.15) is 0 Å². The van der Waals surface area contributed by atoms with Crippen molar-refractivity contribution >= 4 is 50.7 Å². The smallest absolute Gasteiger partial charge is 0.261 e. The van der Waals surface area contributed by atoms with Gasteiger partial charge in [0.05, 0.1) is 21.8 Å². The highest BCUT2D eigenvalue weighted by Gasteiger charge is 2.19. The van der Waals surface area contributed by atoms with Crippen LogP contribution in [-0.2, 0) is 10.0 Å². The van der Waals surface area contributed by atoms with Crippen molar-refractivity contribution < 1.29 is 18.3 Å². The lowest BCUT2D eigenvalue weighted by Crippen LogP contribution is -2.16. The molecule has 3 rings (SSSR count). The number of amides is 1. The molecule has 0 spiro atoms. The van der Waals surface area contributed by atoms with Crippen LogP contribution in [0.3, 0.4) is 0 Å². The molecule has 7 nitrogen and oxygen atoms in total. The summed E-state index contributed by atoms with van der Waals surface area (Å²) in [5.74, 6) is -0.787. The predicted octanol–water partition coefficient (Wildman–Crippen LogP) is 4.22. The Morgan fingerprint density at radius 2 is 1.93 bits per heavy atom. The van der Waals surface area contributed by atoms with Gasteiger partial charge < -0.3 is 10.4 Å². The van der Waals surface area contributed by atoms with Crippen molar-refractivity contribution in [2.75, 3.05) is 16.3 Å². The molecule has 0 aliphatic carbocycles. The first kappa shape index (κ1) is 21.0. The third kappa shape index (κ3) is 5.00. The number of rotatable bonds is 6. The van der Waals surface area contributed by atoms with E-state index in [-0.39, 0.29) is 22.0 Å².